The third-order valence-corrected chi connectivity index (χ3v) is 8.37. The second-order valence-electron chi connectivity index (χ2n) is 12.5. The van der Waals surface area contributed by atoms with E-state index in [1.165, 1.54) is 17.7 Å². The van der Waals surface area contributed by atoms with Gasteiger partial charge in [-0.2, -0.15) is 0 Å². The van der Waals surface area contributed by atoms with E-state index in [0.29, 0.717) is 17.5 Å². The lowest BCUT2D eigenvalue weighted by atomic mass is 10.1. The van der Waals surface area contributed by atoms with Crippen LogP contribution >= 0.6 is 11.6 Å². The topological polar surface area (TPSA) is 92.2 Å². The Morgan fingerprint density at radius 1 is 1.15 bits per heavy atom. The van der Waals surface area contributed by atoms with Crippen LogP contribution in [0.1, 0.15) is 59.8 Å². The zero-order chi connectivity index (χ0) is 29.6. The van der Waals surface area contributed by atoms with Crippen LogP contribution in [-0.2, 0) is 4.79 Å². The van der Waals surface area contributed by atoms with Crippen LogP contribution in [0.4, 0.5) is 10.5 Å². The molecule has 0 radical (unpaired) electrons. The van der Waals surface area contributed by atoms with Crippen molar-refractivity contribution in [2.45, 2.75) is 71.5 Å². The third kappa shape index (κ3) is 8.93. The van der Waals surface area contributed by atoms with Crippen LogP contribution in [0.3, 0.4) is 0 Å². The van der Waals surface area contributed by atoms with E-state index in [2.05, 4.69) is 27.0 Å². The Morgan fingerprint density at radius 2 is 1.93 bits per heavy atom. The van der Waals surface area contributed by atoms with Gasteiger partial charge in [-0.05, 0) is 83.2 Å². The van der Waals surface area contributed by atoms with Gasteiger partial charge in [0.25, 0.3) is 0 Å². The molecule has 1 atom stereocenters. The first kappa shape index (κ1) is 31.3. The van der Waals surface area contributed by atoms with E-state index in [0.717, 1.165) is 68.7 Å². The van der Waals surface area contributed by atoms with Crippen molar-refractivity contribution in [3.63, 3.8) is 0 Å². The number of hydrogen-bond donors (Lipinski definition) is 2. The first-order valence-electron chi connectivity index (χ1n) is 15.1. The van der Waals surface area contributed by atoms with E-state index in [9.17, 15) is 14.7 Å². The summed E-state index contributed by atoms with van der Waals surface area (Å²) in [5.74, 6) is 0.651. The fourth-order valence-electron chi connectivity index (χ4n) is 5.70. The highest BCUT2D eigenvalue weighted by molar-refractivity contribution is 6.31. The van der Waals surface area contributed by atoms with Crippen molar-refractivity contribution >= 4 is 40.2 Å². The summed E-state index contributed by atoms with van der Waals surface area (Å²) in [4.78, 5) is 37.8. The molecular weight excluding hydrogens is 540 g/mol. The highest BCUT2D eigenvalue weighted by Gasteiger charge is 2.31. The van der Waals surface area contributed by atoms with Crippen molar-refractivity contribution in [3.05, 3.63) is 35.5 Å². The van der Waals surface area contributed by atoms with Crippen LogP contribution in [-0.4, -0.2) is 106 Å². The summed E-state index contributed by atoms with van der Waals surface area (Å²) < 4.78 is 0. The number of aromatic nitrogens is 1. The molecule has 9 nitrogen and oxygen atoms in total. The van der Waals surface area contributed by atoms with Crippen LogP contribution in [0.5, 0.6) is 0 Å². The maximum Gasteiger partial charge on any atom is 0.407 e. The molecule has 2 heterocycles. The number of hydrogen-bond acceptors (Lipinski definition) is 6. The molecule has 0 bridgehead atoms. The minimum absolute atomic E-state index is 0.0596. The van der Waals surface area contributed by atoms with Gasteiger partial charge in [0.15, 0.2) is 0 Å². The average Bonchev–Trinajstić information content (AvgIpc) is 3.73. The lowest BCUT2D eigenvalue weighted by Crippen LogP contribution is -2.56. The quantitative estimate of drug-likeness (QED) is 0.322. The van der Waals surface area contributed by atoms with Crippen LogP contribution in [0.25, 0.3) is 10.9 Å². The lowest BCUT2D eigenvalue weighted by Gasteiger charge is -2.42. The summed E-state index contributed by atoms with van der Waals surface area (Å²) >= 11 is 6.20. The number of carbonyl (C=O) groups is 2. The second-order valence-corrected chi connectivity index (χ2v) is 12.9. The predicted octanol–water partition coefficient (Wildman–Crippen LogP) is 5.45. The highest BCUT2D eigenvalue weighted by atomic mass is 35.5. The lowest BCUT2D eigenvalue weighted by molar-refractivity contribution is -0.132. The summed E-state index contributed by atoms with van der Waals surface area (Å²) in [6.45, 7) is 14.4. The number of anilines is 1. The van der Waals surface area contributed by atoms with Gasteiger partial charge >= 0.3 is 6.09 Å². The molecule has 41 heavy (non-hydrogen) atoms. The van der Waals surface area contributed by atoms with Crippen molar-refractivity contribution in [2.75, 3.05) is 57.7 Å². The Balaban J connectivity index is 1.34. The van der Waals surface area contributed by atoms with E-state index < -0.39 is 11.6 Å². The number of pyridine rings is 1. The van der Waals surface area contributed by atoms with Gasteiger partial charge in [-0.1, -0.05) is 18.5 Å². The number of nitrogens with zero attached hydrogens (tertiary/aromatic N) is 5. The molecule has 226 valence electrons. The van der Waals surface area contributed by atoms with Crippen LogP contribution in [0, 0.1) is 5.92 Å². The van der Waals surface area contributed by atoms with Crippen LogP contribution in [0.15, 0.2) is 30.5 Å². The number of benzene rings is 1. The maximum atomic E-state index is 13.2. The molecule has 1 unspecified atom stereocenters. The molecule has 2 N–H and O–H groups in total. The number of piperazine rings is 1. The van der Waals surface area contributed by atoms with E-state index >= 15 is 0 Å². The summed E-state index contributed by atoms with van der Waals surface area (Å²) in [6, 6.07) is 7.87. The van der Waals surface area contributed by atoms with E-state index in [-0.39, 0.29) is 25.0 Å². The molecule has 1 saturated carbocycles. The SMILES string of the molecule is CCCN1CCN(CCCN(CC2CC2)C(=O)CCN(C(=O)O)C(C)(C)C)CC1Nc1ccnc2cc(Cl)ccc12. The second kappa shape index (κ2) is 14.0. The van der Waals surface area contributed by atoms with Crippen molar-refractivity contribution in [1.82, 2.24) is 24.6 Å². The largest absolute Gasteiger partial charge is 0.465 e. The van der Waals surface area contributed by atoms with Gasteiger partial charge in [0.2, 0.25) is 5.91 Å². The number of carbonyl (C=O) groups excluding carboxylic acids is 1. The number of fused-ring (bicyclic) bond motifs is 1. The minimum Gasteiger partial charge on any atom is -0.465 e. The first-order valence-corrected chi connectivity index (χ1v) is 15.5. The molecule has 2 aromatic rings. The molecular formula is C31H47ClN6O3. The molecule has 10 heteroatoms. The van der Waals surface area contributed by atoms with Gasteiger partial charge in [0.1, 0.15) is 0 Å². The average molecular weight is 587 g/mol. The van der Waals surface area contributed by atoms with Crippen LogP contribution in [0.2, 0.25) is 5.02 Å². The molecule has 1 aromatic carbocycles. The summed E-state index contributed by atoms with van der Waals surface area (Å²) in [6.07, 6.45) is 5.60. The Bertz CT molecular complexity index is 1180. The van der Waals surface area contributed by atoms with Gasteiger partial charge in [-0.25, -0.2) is 4.79 Å². The van der Waals surface area contributed by atoms with E-state index in [1.54, 1.807) is 0 Å². The third-order valence-electron chi connectivity index (χ3n) is 8.13. The van der Waals surface area contributed by atoms with Crippen molar-refractivity contribution in [3.8, 4) is 0 Å². The van der Waals surface area contributed by atoms with E-state index in [4.69, 9.17) is 11.6 Å². The van der Waals surface area contributed by atoms with Gasteiger partial charge in [0, 0.05) is 80.1 Å². The van der Waals surface area contributed by atoms with Gasteiger partial charge in [-0.15, -0.1) is 0 Å². The Morgan fingerprint density at radius 3 is 2.61 bits per heavy atom. The number of carboxylic acid groups (broad SMARTS) is 1. The Hall–Kier alpha value is -2.62. The Kier molecular flexibility index (Phi) is 10.7. The minimum atomic E-state index is -0.979. The molecule has 2 amide bonds. The van der Waals surface area contributed by atoms with E-state index in [1.807, 2.05) is 56.1 Å². The number of halogens is 1. The van der Waals surface area contributed by atoms with Crippen molar-refractivity contribution in [1.29, 1.82) is 0 Å². The van der Waals surface area contributed by atoms with Gasteiger partial charge in [-0.3, -0.25) is 19.6 Å². The molecule has 4 rings (SSSR count). The summed E-state index contributed by atoms with van der Waals surface area (Å²) in [5, 5.41) is 15.1. The molecule has 1 aromatic heterocycles. The zero-order valence-electron chi connectivity index (χ0n) is 25.1. The number of nitrogens with one attached hydrogen (secondary N) is 1. The van der Waals surface area contributed by atoms with Crippen molar-refractivity contribution < 1.29 is 14.7 Å². The highest BCUT2D eigenvalue weighted by Crippen LogP contribution is 2.30. The van der Waals surface area contributed by atoms with Gasteiger partial charge < -0.3 is 20.2 Å². The summed E-state index contributed by atoms with van der Waals surface area (Å²) in [7, 11) is 0. The molecule has 2 aliphatic rings. The number of rotatable bonds is 13. The molecule has 1 aliphatic carbocycles. The van der Waals surface area contributed by atoms with Crippen molar-refractivity contribution in [2.24, 2.45) is 5.92 Å². The van der Waals surface area contributed by atoms with Crippen LogP contribution < -0.4 is 5.32 Å². The maximum absolute atomic E-state index is 13.2. The van der Waals surface area contributed by atoms with Gasteiger partial charge in [0.05, 0.1) is 11.7 Å². The fraction of sp³-hybridized carbons (Fsp3) is 0.645. The smallest absolute Gasteiger partial charge is 0.407 e. The normalized spacial score (nSPS) is 18.4. The molecule has 1 saturated heterocycles. The number of amides is 2. The monoisotopic (exact) mass is 586 g/mol. The zero-order valence-corrected chi connectivity index (χ0v) is 25.9. The Labute approximate surface area is 249 Å². The first-order chi connectivity index (χ1) is 19.5. The molecule has 0 spiro atoms. The molecule has 1 aliphatic heterocycles. The molecule has 2 fully saturated rings. The fourth-order valence-corrected chi connectivity index (χ4v) is 5.86. The predicted molar refractivity (Wildman–Crippen MR) is 165 cm³/mol. The summed E-state index contributed by atoms with van der Waals surface area (Å²) in [5.41, 5.74) is 1.41. The standard InChI is InChI=1S/C31H47ClN6O3/c1-5-14-36-19-18-35(22-28(36)34-26-11-13-33-27-20-24(32)9-10-25(26)27)15-6-16-37(21-23-7-8-23)29(39)12-17-38(30(40)41)31(2,3)4/h9-11,13,20,23,28H,5-8,12,14-19,21-22H2,1-4H3,(H,33,34)(H,40,41).